The molecule has 0 bridgehead atoms. The summed E-state index contributed by atoms with van der Waals surface area (Å²) in [6.45, 7) is 10.5. The van der Waals surface area contributed by atoms with Crippen LogP contribution in [0.3, 0.4) is 0 Å². The van der Waals surface area contributed by atoms with E-state index in [0.717, 1.165) is 25.9 Å². The average molecular weight is 240 g/mol. The van der Waals surface area contributed by atoms with Crippen LogP contribution in [0.1, 0.15) is 53.4 Å². The highest BCUT2D eigenvalue weighted by Crippen LogP contribution is 2.24. The molecule has 0 N–H and O–H groups in total. The second kappa shape index (κ2) is 5.74. The van der Waals surface area contributed by atoms with E-state index in [-0.39, 0.29) is 17.5 Å². The van der Waals surface area contributed by atoms with E-state index < -0.39 is 0 Å². The maximum absolute atomic E-state index is 12.4. The largest absolute Gasteiger partial charge is 0.325 e. The lowest BCUT2D eigenvalue weighted by atomic mass is 9.87. The molecule has 0 aromatic rings. The first-order chi connectivity index (χ1) is 7.84. The molecule has 3 heteroatoms. The zero-order chi connectivity index (χ0) is 13.1. The third-order valence-electron chi connectivity index (χ3n) is 4.01. The van der Waals surface area contributed by atoms with E-state index >= 15 is 0 Å². The van der Waals surface area contributed by atoms with Crippen molar-refractivity contribution in [2.24, 2.45) is 5.41 Å². The molecule has 100 valence electrons. The molecule has 0 saturated carbocycles. The van der Waals surface area contributed by atoms with Gasteiger partial charge in [-0.05, 0) is 25.2 Å². The van der Waals surface area contributed by atoms with Crippen molar-refractivity contribution in [1.29, 1.82) is 0 Å². The highest BCUT2D eigenvalue weighted by Gasteiger charge is 2.29. The van der Waals surface area contributed by atoms with Gasteiger partial charge in [0, 0.05) is 26.2 Å². The van der Waals surface area contributed by atoms with Crippen LogP contribution in [-0.2, 0) is 0 Å². The monoisotopic (exact) mass is 240 g/mol. The predicted octanol–water partition coefficient (Wildman–Crippen LogP) is 3.35. The van der Waals surface area contributed by atoms with E-state index in [0.29, 0.717) is 0 Å². The zero-order valence-corrected chi connectivity index (χ0v) is 12.1. The first kappa shape index (κ1) is 14.3. The molecule has 1 atom stereocenters. The van der Waals surface area contributed by atoms with Gasteiger partial charge < -0.3 is 9.80 Å². The lowest BCUT2D eigenvalue weighted by Crippen LogP contribution is -2.49. The van der Waals surface area contributed by atoms with E-state index in [4.69, 9.17) is 0 Å². The summed E-state index contributed by atoms with van der Waals surface area (Å²) in [5, 5.41) is 0. The Kier molecular flexibility index (Phi) is 4.84. The van der Waals surface area contributed by atoms with E-state index in [1.807, 2.05) is 16.8 Å². The van der Waals surface area contributed by atoms with Gasteiger partial charge in [-0.25, -0.2) is 4.79 Å². The van der Waals surface area contributed by atoms with Crippen molar-refractivity contribution >= 4 is 6.03 Å². The van der Waals surface area contributed by atoms with Crippen LogP contribution in [0.25, 0.3) is 0 Å². The molecule has 0 radical (unpaired) electrons. The second-order valence-corrected chi connectivity index (χ2v) is 6.34. The third kappa shape index (κ3) is 3.90. The molecule has 0 aliphatic carbocycles. The molecule has 0 aromatic carbocycles. The van der Waals surface area contributed by atoms with Crippen LogP contribution < -0.4 is 0 Å². The fraction of sp³-hybridized carbons (Fsp3) is 0.929. The standard InChI is InChI=1S/C14H28N2O/c1-12(14(2,3)4)15(5)13(17)16-10-8-6-7-9-11-16/h12H,6-11H2,1-5H3. The number of hydrogen-bond donors (Lipinski definition) is 0. The van der Waals surface area contributed by atoms with Gasteiger partial charge in [-0.1, -0.05) is 33.6 Å². The molecule has 1 aliphatic rings. The van der Waals surface area contributed by atoms with Crippen molar-refractivity contribution in [3.63, 3.8) is 0 Å². The van der Waals surface area contributed by atoms with Crippen LogP contribution in [0.4, 0.5) is 4.79 Å². The fourth-order valence-electron chi connectivity index (χ4n) is 2.23. The number of likely N-dealkylation sites (tertiary alicyclic amines) is 1. The number of hydrogen-bond acceptors (Lipinski definition) is 1. The Morgan fingerprint density at radius 1 is 1.12 bits per heavy atom. The lowest BCUT2D eigenvalue weighted by molar-refractivity contribution is 0.115. The summed E-state index contributed by atoms with van der Waals surface area (Å²) in [4.78, 5) is 16.3. The van der Waals surface area contributed by atoms with Crippen molar-refractivity contribution in [3.8, 4) is 0 Å². The van der Waals surface area contributed by atoms with Gasteiger partial charge in [0.05, 0.1) is 0 Å². The van der Waals surface area contributed by atoms with Crippen molar-refractivity contribution in [1.82, 2.24) is 9.80 Å². The molecule has 1 unspecified atom stereocenters. The summed E-state index contributed by atoms with van der Waals surface area (Å²) >= 11 is 0. The SMILES string of the molecule is CC(N(C)C(=O)N1CCCCCC1)C(C)(C)C. The Morgan fingerprint density at radius 3 is 2.00 bits per heavy atom. The number of urea groups is 1. The first-order valence-electron chi connectivity index (χ1n) is 6.86. The summed E-state index contributed by atoms with van der Waals surface area (Å²) in [6.07, 6.45) is 4.84. The maximum atomic E-state index is 12.4. The Balaban J connectivity index is 2.61. The predicted molar refractivity (Wildman–Crippen MR) is 72.1 cm³/mol. The topological polar surface area (TPSA) is 23.6 Å². The van der Waals surface area contributed by atoms with Crippen molar-refractivity contribution < 1.29 is 4.79 Å². The Morgan fingerprint density at radius 2 is 1.59 bits per heavy atom. The molecule has 0 aromatic heterocycles. The molecule has 1 fully saturated rings. The van der Waals surface area contributed by atoms with Gasteiger partial charge in [-0.15, -0.1) is 0 Å². The second-order valence-electron chi connectivity index (χ2n) is 6.34. The van der Waals surface area contributed by atoms with E-state index in [9.17, 15) is 4.79 Å². The summed E-state index contributed by atoms with van der Waals surface area (Å²) in [6, 6.07) is 0.465. The van der Waals surface area contributed by atoms with Gasteiger partial charge in [0.2, 0.25) is 0 Å². The quantitative estimate of drug-likeness (QED) is 0.689. The van der Waals surface area contributed by atoms with Gasteiger partial charge in [-0.2, -0.15) is 0 Å². The molecule has 3 nitrogen and oxygen atoms in total. The smallest absolute Gasteiger partial charge is 0.319 e. The summed E-state index contributed by atoms with van der Waals surface area (Å²) in [5.74, 6) is 0. The molecule has 1 heterocycles. The Bertz CT molecular complexity index is 249. The number of carbonyl (C=O) groups excluding carboxylic acids is 1. The minimum Gasteiger partial charge on any atom is -0.325 e. The molecule has 1 saturated heterocycles. The maximum Gasteiger partial charge on any atom is 0.319 e. The van der Waals surface area contributed by atoms with E-state index in [2.05, 4.69) is 27.7 Å². The van der Waals surface area contributed by atoms with Crippen molar-refractivity contribution in [2.45, 2.75) is 59.4 Å². The van der Waals surface area contributed by atoms with Crippen LogP contribution >= 0.6 is 0 Å². The van der Waals surface area contributed by atoms with E-state index in [1.54, 1.807) is 0 Å². The van der Waals surface area contributed by atoms with Gasteiger partial charge in [-0.3, -0.25) is 0 Å². The zero-order valence-electron chi connectivity index (χ0n) is 12.1. The van der Waals surface area contributed by atoms with Gasteiger partial charge in [0.25, 0.3) is 0 Å². The fourth-order valence-corrected chi connectivity index (χ4v) is 2.23. The van der Waals surface area contributed by atoms with E-state index in [1.165, 1.54) is 12.8 Å². The van der Waals surface area contributed by atoms with Gasteiger partial charge >= 0.3 is 6.03 Å². The van der Waals surface area contributed by atoms with Crippen LogP contribution in [0.5, 0.6) is 0 Å². The average Bonchev–Trinajstić information content (AvgIpc) is 2.53. The highest BCUT2D eigenvalue weighted by atomic mass is 16.2. The van der Waals surface area contributed by atoms with Crippen LogP contribution in [0, 0.1) is 5.41 Å². The molecule has 17 heavy (non-hydrogen) atoms. The first-order valence-corrected chi connectivity index (χ1v) is 6.86. The molecule has 2 amide bonds. The van der Waals surface area contributed by atoms with Gasteiger partial charge in [0.1, 0.15) is 0 Å². The van der Waals surface area contributed by atoms with Crippen molar-refractivity contribution in [3.05, 3.63) is 0 Å². The number of nitrogens with zero attached hydrogens (tertiary/aromatic N) is 2. The van der Waals surface area contributed by atoms with Crippen LogP contribution in [-0.4, -0.2) is 42.0 Å². The molecular weight excluding hydrogens is 212 g/mol. The third-order valence-corrected chi connectivity index (χ3v) is 4.01. The lowest BCUT2D eigenvalue weighted by Gasteiger charge is -2.38. The summed E-state index contributed by atoms with van der Waals surface area (Å²) in [7, 11) is 1.93. The Labute approximate surface area is 106 Å². The number of carbonyl (C=O) groups is 1. The minimum atomic E-state index is 0.135. The normalized spacial score (nSPS) is 19.7. The number of amides is 2. The summed E-state index contributed by atoms with van der Waals surface area (Å²) in [5.41, 5.74) is 0.135. The Hall–Kier alpha value is -0.730. The molecule has 1 aliphatic heterocycles. The summed E-state index contributed by atoms with van der Waals surface area (Å²) < 4.78 is 0. The minimum absolute atomic E-state index is 0.135. The van der Waals surface area contributed by atoms with Crippen molar-refractivity contribution in [2.75, 3.05) is 20.1 Å². The molecular formula is C14H28N2O. The van der Waals surface area contributed by atoms with Crippen LogP contribution in [0.15, 0.2) is 0 Å². The highest BCUT2D eigenvalue weighted by molar-refractivity contribution is 5.74. The molecule has 1 rings (SSSR count). The molecule has 0 spiro atoms. The van der Waals surface area contributed by atoms with Crippen LogP contribution in [0.2, 0.25) is 0 Å². The van der Waals surface area contributed by atoms with Gasteiger partial charge in [0.15, 0.2) is 0 Å². The number of rotatable bonds is 1.